The Bertz CT molecular complexity index is 2820. The second-order valence-electron chi connectivity index (χ2n) is 12.1. The van der Waals surface area contributed by atoms with E-state index in [-0.39, 0.29) is 0 Å². The fourth-order valence-corrected chi connectivity index (χ4v) is 7.36. The maximum atomic E-state index is 6.55. The summed E-state index contributed by atoms with van der Waals surface area (Å²) in [6.45, 7) is 0. The summed E-state index contributed by atoms with van der Waals surface area (Å²) in [6, 6.07) is 57.8. The maximum absolute atomic E-state index is 6.55. The number of nitrogens with zero attached hydrogens (tertiary/aromatic N) is 1. The van der Waals surface area contributed by atoms with Gasteiger partial charge in [0.05, 0.1) is 16.8 Å². The maximum Gasteiger partial charge on any atom is 0.143 e. The van der Waals surface area contributed by atoms with Crippen LogP contribution in [-0.2, 0) is 0 Å². The standard InChI is InChI=1S/C44H27NO2/c1-3-16-32-28(11-1)13-8-20-37(32)45(38-21-10-24-41-43(38)35-18-5-6-22-39(35)46-41)31-15-7-14-30(27-31)33-19-9-23-40-42(33)36-26-25-29-12-2-4-17-34(29)44(36)47-40/h1-27H. The molecule has 0 unspecified atom stereocenters. The molecular weight excluding hydrogens is 574 g/mol. The average Bonchev–Trinajstić information content (AvgIpc) is 3.71. The van der Waals surface area contributed by atoms with E-state index in [4.69, 9.17) is 8.83 Å². The zero-order valence-corrected chi connectivity index (χ0v) is 25.4. The van der Waals surface area contributed by atoms with Gasteiger partial charge in [0, 0.05) is 32.6 Å². The highest BCUT2D eigenvalue weighted by Gasteiger charge is 2.22. The molecule has 47 heavy (non-hydrogen) atoms. The molecule has 10 aromatic rings. The highest BCUT2D eigenvalue weighted by Crippen LogP contribution is 2.46. The van der Waals surface area contributed by atoms with E-state index in [1.54, 1.807) is 0 Å². The minimum Gasteiger partial charge on any atom is -0.456 e. The molecule has 0 bridgehead atoms. The molecule has 0 N–H and O–H groups in total. The van der Waals surface area contributed by atoms with Crippen LogP contribution in [0.5, 0.6) is 0 Å². The Morgan fingerprint density at radius 2 is 1.02 bits per heavy atom. The number of anilines is 3. The van der Waals surface area contributed by atoms with Crippen LogP contribution in [0.1, 0.15) is 0 Å². The molecule has 220 valence electrons. The fourth-order valence-electron chi connectivity index (χ4n) is 7.36. The lowest BCUT2D eigenvalue weighted by Gasteiger charge is -2.28. The monoisotopic (exact) mass is 601 g/mol. The molecule has 0 fully saturated rings. The third-order valence-electron chi connectivity index (χ3n) is 9.43. The molecule has 0 atom stereocenters. The molecule has 0 saturated heterocycles. The van der Waals surface area contributed by atoms with Gasteiger partial charge in [0.1, 0.15) is 22.3 Å². The van der Waals surface area contributed by atoms with Gasteiger partial charge in [-0.25, -0.2) is 0 Å². The van der Waals surface area contributed by atoms with E-state index in [2.05, 4.69) is 157 Å². The molecule has 0 aliphatic rings. The quantitative estimate of drug-likeness (QED) is 0.201. The SMILES string of the molecule is c1cc(-c2cccc3oc4c5ccccc5ccc4c23)cc(N(c2cccc3ccccc23)c2cccc3oc4ccccc4c23)c1. The molecule has 8 aromatic carbocycles. The van der Waals surface area contributed by atoms with Gasteiger partial charge in [0.15, 0.2) is 0 Å². The van der Waals surface area contributed by atoms with E-state index in [1.165, 1.54) is 16.2 Å². The molecule has 0 aliphatic heterocycles. The minimum atomic E-state index is 0.868. The summed E-state index contributed by atoms with van der Waals surface area (Å²) in [5, 5.41) is 9.12. The van der Waals surface area contributed by atoms with Crippen molar-refractivity contribution in [3.63, 3.8) is 0 Å². The van der Waals surface area contributed by atoms with Crippen LogP contribution in [0.25, 0.3) is 76.5 Å². The summed E-state index contributed by atoms with van der Waals surface area (Å²) in [4.78, 5) is 2.39. The van der Waals surface area contributed by atoms with Crippen molar-refractivity contribution in [3.05, 3.63) is 164 Å². The van der Waals surface area contributed by atoms with Gasteiger partial charge in [-0.1, -0.05) is 115 Å². The van der Waals surface area contributed by atoms with Gasteiger partial charge in [0.25, 0.3) is 0 Å². The topological polar surface area (TPSA) is 29.5 Å². The second-order valence-corrected chi connectivity index (χ2v) is 12.1. The summed E-state index contributed by atoms with van der Waals surface area (Å²) in [6.07, 6.45) is 0. The molecule has 2 heterocycles. The summed E-state index contributed by atoms with van der Waals surface area (Å²) < 4.78 is 12.9. The van der Waals surface area contributed by atoms with E-state index in [0.717, 1.165) is 77.5 Å². The molecule has 0 amide bonds. The van der Waals surface area contributed by atoms with Crippen LogP contribution in [0.2, 0.25) is 0 Å². The van der Waals surface area contributed by atoms with Gasteiger partial charge in [0.2, 0.25) is 0 Å². The first-order valence-corrected chi connectivity index (χ1v) is 15.9. The van der Waals surface area contributed by atoms with Crippen LogP contribution in [0.15, 0.2) is 173 Å². The van der Waals surface area contributed by atoms with Crippen LogP contribution in [0.3, 0.4) is 0 Å². The van der Waals surface area contributed by atoms with Gasteiger partial charge in [-0.3, -0.25) is 0 Å². The number of hydrogen-bond acceptors (Lipinski definition) is 3. The van der Waals surface area contributed by atoms with Crippen LogP contribution in [0.4, 0.5) is 17.1 Å². The summed E-state index contributed by atoms with van der Waals surface area (Å²) in [5.41, 5.74) is 9.07. The van der Waals surface area contributed by atoms with Gasteiger partial charge in [-0.15, -0.1) is 0 Å². The predicted molar refractivity (Wildman–Crippen MR) is 196 cm³/mol. The van der Waals surface area contributed by atoms with Gasteiger partial charge < -0.3 is 13.7 Å². The van der Waals surface area contributed by atoms with Crippen molar-refractivity contribution in [2.24, 2.45) is 0 Å². The van der Waals surface area contributed by atoms with Crippen molar-refractivity contribution in [3.8, 4) is 11.1 Å². The van der Waals surface area contributed by atoms with Gasteiger partial charge in [-0.2, -0.15) is 0 Å². The number of hydrogen-bond donors (Lipinski definition) is 0. The Kier molecular flexibility index (Phi) is 5.57. The molecule has 3 heteroatoms. The van der Waals surface area contributed by atoms with E-state index < -0.39 is 0 Å². The largest absolute Gasteiger partial charge is 0.456 e. The van der Waals surface area contributed by atoms with Crippen molar-refractivity contribution in [1.82, 2.24) is 0 Å². The van der Waals surface area contributed by atoms with Crippen molar-refractivity contribution in [1.29, 1.82) is 0 Å². The van der Waals surface area contributed by atoms with Crippen molar-refractivity contribution in [2.75, 3.05) is 4.90 Å². The molecule has 0 saturated carbocycles. The molecule has 0 radical (unpaired) electrons. The molecule has 2 aromatic heterocycles. The molecule has 0 aliphatic carbocycles. The van der Waals surface area contributed by atoms with Crippen LogP contribution < -0.4 is 4.90 Å². The zero-order chi connectivity index (χ0) is 30.9. The van der Waals surface area contributed by atoms with Crippen molar-refractivity contribution < 1.29 is 8.83 Å². The number of para-hydroxylation sites is 1. The summed E-state index contributed by atoms with van der Waals surface area (Å²) in [5.74, 6) is 0. The second kappa shape index (κ2) is 10.1. The van der Waals surface area contributed by atoms with Crippen molar-refractivity contribution >= 4 is 82.5 Å². The molecule has 10 rings (SSSR count). The average molecular weight is 602 g/mol. The number of furan rings is 2. The first kappa shape index (κ1) is 26.0. The zero-order valence-electron chi connectivity index (χ0n) is 25.4. The smallest absolute Gasteiger partial charge is 0.143 e. The number of benzene rings is 8. The van der Waals surface area contributed by atoms with E-state index >= 15 is 0 Å². The van der Waals surface area contributed by atoms with Gasteiger partial charge >= 0.3 is 0 Å². The third kappa shape index (κ3) is 3.93. The van der Waals surface area contributed by atoms with Crippen molar-refractivity contribution in [2.45, 2.75) is 0 Å². The van der Waals surface area contributed by atoms with E-state index in [1.807, 2.05) is 12.1 Å². The fraction of sp³-hybridized carbons (Fsp3) is 0. The Labute approximate surface area is 270 Å². The van der Waals surface area contributed by atoms with Gasteiger partial charge in [-0.05, 0) is 70.4 Å². The summed E-state index contributed by atoms with van der Waals surface area (Å²) in [7, 11) is 0. The Morgan fingerprint density at radius 1 is 0.383 bits per heavy atom. The molecule has 0 spiro atoms. The Hall–Kier alpha value is -6.32. The van der Waals surface area contributed by atoms with Crippen LogP contribution in [-0.4, -0.2) is 0 Å². The minimum absolute atomic E-state index is 0.868. The van der Waals surface area contributed by atoms with Crippen LogP contribution >= 0.6 is 0 Å². The first-order valence-electron chi connectivity index (χ1n) is 15.9. The van der Waals surface area contributed by atoms with E-state index in [0.29, 0.717) is 0 Å². The Balaban J connectivity index is 1.25. The molecule has 3 nitrogen and oxygen atoms in total. The highest BCUT2D eigenvalue weighted by atomic mass is 16.3. The van der Waals surface area contributed by atoms with Crippen LogP contribution in [0, 0.1) is 0 Å². The number of rotatable bonds is 4. The first-order chi connectivity index (χ1) is 23.3. The summed E-state index contributed by atoms with van der Waals surface area (Å²) >= 11 is 0. The lowest BCUT2D eigenvalue weighted by atomic mass is 9.97. The third-order valence-corrected chi connectivity index (χ3v) is 9.43. The number of fused-ring (bicyclic) bond motifs is 9. The molecular formula is C44H27NO2. The normalized spacial score (nSPS) is 11.8. The highest BCUT2D eigenvalue weighted by molar-refractivity contribution is 6.19. The Morgan fingerprint density at radius 3 is 1.91 bits per heavy atom. The predicted octanol–water partition coefficient (Wildman–Crippen LogP) is 12.9. The lowest BCUT2D eigenvalue weighted by Crippen LogP contribution is -2.11. The lowest BCUT2D eigenvalue weighted by molar-refractivity contribution is 0.669. The van der Waals surface area contributed by atoms with E-state index in [9.17, 15) is 0 Å².